The molecule has 0 spiro atoms. The third-order valence-electron chi connectivity index (χ3n) is 22.9. The van der Waals surface area contributed by atoms with Gasteiger partial charge < -0.3 is 60.0 Å². The molecule has 7 fully saturated rings. The van der Waals surface area contributed by atoms with Crippen molar-refractivity contribution in [2.24, 2.45) is 0 Å². The molecule has 7 aliphatic heterocycles. The van der Waals surface area contributed by atoms with E-state index in [-0.39, 0.29) is 36.4 Å². The third-order valence-corrected chi connectivity index (χ3v) is 24.3. The molecule has 620 valence electrons. The number of nitrogens with one attached hydrogen (secondary N) is 7. The minimum absolute atomic E-state index is 0.0683. The molecule has 7 aliphatic rings. The van der Waals surface area contributed by atoms with Gasteiger partial charge in [-0.05, 0) is 177 Å². The second-order valence-corrected chi connectivity index (χ2v) is 32.9. The van der Waals surface area contributed by atoms with Crippen molar-refractivity contribution in [3.05, 3.63) is 230 Å². The van der Waals surface area contributed by atoms with Crippen LogP contribution in [0.2, 0.25) is 20.1 Å². The van der Waals surface area contributed by atoms with Crippen LogP contribution in [0.25, 0.3) is 0 Å². The Morgan fingerprint density at radius 3 is 1.24 bits per heavy atom. The Balaban J connectivity index is 0.000000118. The van der Waals surface area contributed by atoms with Gasteiger partial charge in [-0.1, -0.05) is 119 Å². The molecule has 0 aliphatic carbocycles. The number of hydrogen-bond donors (Lipinski definition) is 7. The first kappa shape index (κ1) is 82.0. The Labute approximate surface area is 713 Å². The van der Waals surface area contributed by atoms with Gasteiger partial charge in [-0.3, -0.25) is 20.0 Å². The summed E-state index contributed by atoms with van der Waals surface area (Å²) in [6.07, 6.45) is 21.7. The molecule has 28 nitrogen and oxygen atoms in total. The minimum Gasteiger partial charge on any atom is -0.474 e. The molecule has 5 atom stereocenters. The van der Waals surface area contributed by atoms with E-state index in [1.165, 1.54) is 5.69 Å². The summed E-state index contributed by atoms with van der Waals surface area (Å²) in [6.45, 7) is 14.5. The molecule has 32 heteroatoms. The van der Waals surface area contributed by atoms with Crippen LogP contribution in [-0.2, 0) is 9.47 Å². The fourth-order valence-corrected chi connectivity index (χ4v) is 18.1. The molecule has 7 N–H and O–H groups in total. The van der Waals surface area contributed by atoms with Crippen LogP contribution in [0.1, 0.15) is 185 Å². The van der Waals surface area contributed by atoms with E-state index < -0.39 is 0 Å². The van der Waals surface area contributed by atoms with Crippen molar-refractivity contribution < 1.29 is 14.2 Å². The molecule has 19 rings (SSSR count). The SMILES string of the molecule is CC(C)Oc1cc(Nc2cc(N3CCCC3c3ccccc3Cl)ncn2)[nH]n1.Cc1cc(Nc2cc(N3CCCC3c3ccccc3Cl)ncn2)nn1C1CCN(C)CC1.Clc1ccccc1C1CCCN1c1cc(Nc2cc(C3CCCO3)[nH]n2)ncn1.Clc1ccccc1C1CCCN1c1cc(Nc2cc(C3CCOCC3)[nH]n2)ncn1. The number of hydrogen-bond acceptors (Lipinski definition) is 24. The number of anilines is 12. The fourth-order valence-electron chi connectivity index (χ4n) is 17.1. The molecule has 0 saturated carbocycles. The van der Waals surface area contributed by atoms with Crippen molar-refractivity contribution in [2.75, 3.05) is 107 Å². The molecule has 119 heavy (non-hydrogen) atoms. The summed E-state index contributed by atoms with van der Waals surface area (Å²) in [5.41, 5.74) is 7.92. The zero-order valence-electron chi connectivity index (χ0n) is 67.3. The van der Waals surface area contributed by atoms with E-state index in [4.69, 9.17) is 65.7 Å². The predicted octanol–water partition coefficient (Wildman–Crippen LogP) is 19.3. The van der Waals surface area contributed by atoms with Crippen LogP contribution in [0.5, 0.6) is 5.88 Å². The van der Waals surface area contributed by atoms with E-state index >= 15 is 0 Å². The first-order valence-electron chi connectivity index (χ1n) is 41.4. The number of aromatic nitrogens is 16. The maximum absolute atomic E-state index is 6.50. The average Bonchev–Trinajstić information content (AvgIpc) is 1.71. The summed E-state index contributed by atoms with van der Waals surface area (Å²) in [5.74, 6) is 10.5. The van der Waals surface area contributed by atoms with Crippen molar-refractivity contribution in [2.45, 2.75) is 159 Å². The van der Waals surface area contributed by atoms with Gasteiger partial charge in [-0.15, -0.1) is 5.10 Å². The molecular formula is C87H101Cl4N25O3. The van der Waals surface area contributed by atoms with Crippen LogP contribution < -0.4 is 45.6 Å². The number of benzene rings is 4. The van der Waals surface area contributed by atoms with Crippen molar-refractivity contribution in [3.63, 3.8) is 0 Å². The number of ether oxygens (including phenoxy) is 3. The van der Waals surface area contributed by atoms with Crippen LogP contribution >= 0.6 is 46.4 Å². The quantitative estimate of drug-likeness (QED) is 0.0352. The van der Waals surface area contributed by atoms with Crippen molar-refractivity contribution >= 4 is 116 Å². The molecule has 4 aromatic carbocycles. The van der Waals surface area contributed by atoms with Crippen molar-refractivity contribution in [3.8, 4) is 5.88 Å². The van der Waals surface area contributed by atoms with E-state index in [0.717, 1.165) is 255 Å². The topological polar surface area (TPSA) is 299 Å². The van der Waals surface area contributed by atoms with Crippen molar-refractivity contribution in [1.29, 1.82) is 0 Å². The molecule has 8 aromatic heterocycles. The van der Waals surface area contributed by atoms with E-state index in [0.29, 0.717) is 35.3 Å². The Kier molecular flexibility index (Phi) is 26.9. The average molecular weight is 1690 g/mol. The van der Waals surface area contributed by atoms with E-state index in [9.17, 15) is 0 Å². The second kappa shape index (κ2) is 39.0. The molecule has 15 heterocycles. The summed E-state index contributed by atoms with van der Waals surface area (Å²) in [6, 6.07) is 49.5. The lowest BCUT2D eigenvalue weighted by Crippen LogP contribution is -2.32. The summed E-state index contributed by atoms with van der Waals surface area (Å²) in [5, 5.41) is 43.3. The molecule has 7 saturated heterocycles. The van der Waals surface area contributed by atoms with Gasteiger partial charge in [-0.25, -0.2) is 39.9 Å². The van der Waals surface area contributed by atoms with Crippen LogP contribution in [0, 0.1) is 6.92 Å². The molecule has 5 unspecified atom stereocenters. The highest BCUT2D eigenvalue weighted by atomic mass is 35.5. The predicted molar refractivity (Wildman–Crippen MR) is 469 cm³/mol. The fraction of sp³-hybridized carbons (Fsp3) is 0.402. The number of nitrogens with zero attached hydrogens (tertiary/aromatic N) is 18. The van der Waals surface area contributed by atoms with Crippen molar-refractivity contribution in [1.82, 2.24) is 85.1 Å². The highest BCUT2D eigenvalue weighted by molar-refractivity contribution is 6.32. The summed E-state index contributed by atoms with van der Waals surface area (Å²) in [4.78, 5) is 47.3. The molecule has 12 aromatic rings. The molecule has 0 amide bonds. The minimum atomic E-state index is 0.0683. The highest BCUT2D eigenvalue weighted by Crippen LogP contribution is 2.44. The summed E-state index contributed by atoms with van der Waals surface area (Å²) < 4.78 is 18.9. The van der Waals surface area contributed by atoms with E-state index in [1.54, 1.807) is 25.3 Å². The number of piperidine rings is 1. The van der Waals surface area contributed by atoms with Gasteiger partial charge in [0.15, 0.2) is 17.5 Å². The standard InChI is InChI=1S/C24H30ClN7.C22H25ClN6O.C21H23ClN6O.C20H23ClN6O/c1-17-14-23(29-32(17)18-9-12-30(2)13-10-18)28-22-15-24(27-16-26-22)31-11-5-8-21(31)19-6-3-4-7-20(19)25;23-17-5-2-1-4-16(17)19-6-3-9-29(19)22-13-20(24-14-25-22)26-21-12-18(27-28-21)15-7-10-30-11-8-15;22-15-6-2-1-5-14(15)17-7-3-9-28(17)21-12-19(23-13-24-21)25-20-11-16(26-27-20)18-8-4-10-29-18;1-13(2)28-20-11-18(25-26-20)24-17-10-19(23-12-22-17)27-9-5-8-16(27)14-6-3-4-7-15(14)21/h3-4,6-7,14-16,18,21H,5,8-13H2,1-2H3,(H,26,27,28,29);1-2,4-5,12-15,19H,3,6-11H2,(H2,24,25,26,27,28);1-2,5-6,11-13,17-18H,3-4,7-10H2,(H2,23,24,25,26,27);3-4,6-7,10-13,16H,5,8-9H2,1-2H3,(H2,22,23,24,25,26). The normalized spacial score (nSPS) is 19.6. The van der Waals surface area contributed by atoms with E-state index in [1.807, 2.05) is 123 Å². The number of H-pyrrole nitrogens is 3. The monoisotopic (exact) mass is 1680 g/mol. The number of halogens is 4. The Morgan fingerprint density at radius 1 is 0.412 bits per heavy atom. The number of aryl methyl sites for hydroxylation is 1. The lowest BCUT2D eigenvalue weighted by atomic mass is 9.97. The second-order valence-electron chi connectivity index (χ2n) is 31.3. The van der Waals surface area contributed by atoms with Gasteiger partial charge in [0, 0.05) is 132 Å². The third kappa shape index (κ3) is 20.4. The Morgan fingerprint density at radius 2 is 0.824 bits per heavy atom. The maximum atomic E-state index is 6.50. The Hall–Kier alpha value is -10.7. The first-order chi connectivity index (χ1) is 58.2. The van der Waals surface area contributed by atoms with Gasteiger partial charge in [0.1, 0.15) is 77.7 Å². The van der Waals surface area contributed by atoms with Gasteiger partial charge >= 0.3 is 0 Å². The lowest BCUT2D eigenvalue weighted by Gasteiger charge is -2.29. The van der Waals surface area contributed by atoms with Crippen LogP contribution in [0.15, 0.2) is 171 Å². The van der Waals surface area contributed by atoms with Crippen LogP contribution in [0.3, 0.4) is 0 Å². The summed E-state index contributed by atoms with van der Waals surface area (Å²) in [7, 11) is 2.18. The highest BCUT2D eigenvalue weighted by Gasteiger charge is 2.34. The first-order valence-corrected chi connectivity index (χ1v) is 42.9. The zero-order chi connectivity index (χ0) is 81.6. The van der Waals surface area contributed by atoms with Crippen LogP contribution in [0.4, 0.5) is 69.8 Å². The van der Waals surface area contributed by atoms with Gasteiger partial charge in [0.05, 0.1) is 48.1 Å². The molecular weight excluding hydrogens is 1580 g/mol. The van der Waals surface area contributed by atoms with Gasteiger partial charge in [-0.2, -0.15) is 15.3 Å². The number of rotatable bonds is 21. The largest absolute Gasteiger partial charge is 0.474 e. The summed E-state index contributed by atoms with van der Waals surface area (Å²) >= 11 is 25.9. The molecule has 0 radical (unpaired) electrons. The maximum Gasteiger partial charge on any atom is 0.234 e. The lowest BCUT2D eigenvalue weighted by molar-refractivity contribution is 0.0845. The molecule has 0 bridgehead atoms. The number of likely N-dealkylation sites (tertiary alicyclic amines) is 1. The number of aromatic amines is 3. The smallest absolute Gasteiger partial charge is 0.234 e. The van der Waals surface area contributed by atoms with E-state index in [2.05, 4.69) is 171 Å². The van der Waals surface area contributed by atoms with Crippen LogP contribution in [-0.4, -0.2) is 157 Å². The Bertz CT molecular complexity index is 5300. The van der Waals surface area contributed by atoms with Gasteiger partial charge in [0.25, 0.3) is 0 Å². The zero-order valence-corrected chi connectivity index (χ0v) is 70.4. The van der Waals surface area contributed by atoms with Gasteiger partial charge in [0.2, 0.25) is 5.88 Å².